The van der Waals surface area contributed by atoms with Crippen molar-refractivity contribution in [2.75, 3.05) is 36.9 Å². The molecule has 0 unspecified atom stereocenters. The molecule has 0 spiro atoms. The van der Waals surface area contributed by atoms with E-state index in [1.165, 1.54) is 0 Å². The first-order valence-electron chi connectivity index (χ1n) is 6.19. The fourth-order valence-corrected chi connectivity index (χ4v) is 1.96. The molecule has 6 heteroatoms. The summed E-state index contributed by atoms with van der Waals surface area (Å²) in [6.45, 7) is 5.96. The second-order valence-corrected chi connectivity index (χ2v) is 4.51. The van der Waals surface area contributed by atoms with Crippen LogP contribution in [-0.2, 0) is 4.79 Å². The summed E-state index contributed by atoms with van der Waals surface area (Å²) in [6, 6.07) is 2.01. The van der Waals surface area contributed by atoms with E-state index in [9.17, 15) is 4.79 Å². The van der Waals surface area contributed by atoms with Gasteiger partial charge in [0.25, 0.3) is 0 Å². The molecule has 0 saturated carbocycles. The molecule has 2 heterocycles. The van der Waals surface area contributed by atoms with Crippen LogP contribution in [0.2, 0.25) is 0 Å². The van der Waals surface area contributed by atoms with Crippen molar-refractivity contribution in [3.63, 3.8) is 0 Å². The Morgan fingerprint density at radius 1 is 1.56 bits per heavy atom. The molecule has 1 N–H and O–H groups in total. The SMILES string of the molecule is CCNc1ccnc(N2CC(=O)N(C)[C@@H](C)C2)n1. The highest BCUT2D eigenvalue weighted by Crippen LogP contribution is 2.16. The van der Waals surface area contributed by atoms with Crippen molar-refractivity contribution in [3.8, 4) is 0 Å². The molecule has 0 bridgehead atoms. The Kier molecular flexibility index (Phi) is 3.64. The Bertz CT molecular complexity index is 436. The normalized spacial score (nSPS) is 20.2. The number of likely N-dealkylation sites (N-methyl/N-ethyl adjacent to an activating group) is 1. The molecule has 1 atom stereocenters. The van der Waals surface area contributed by atoms with Crippen molar-refractivity contribution in [2.45, 2.75) is 19.9 Å². The van der Waals surface area contributed by atoms with E-state index in [1.807, 2.05) is 31.9 Å². The number of carbonyl (C=O) groups excluding carboxylic acids is 1. The van der Waals surface area contributed by atoms with Crippen molar-refractivity contribution in [1.82, 2.24) is 14.9 Å². The van der Waals surface area contributed by atoms with E-state index in [2.05, 4.69) is 15.3 Å². The van der Waals surface area contributed by atoms with E-state index < -0.39 is 0 Å². The van der Waals surface area contributed by atoms with Crippen LogP contribution in [0.25, 0.3) is 0 Å². The van der Waals surface area contributed by atoms with Gasteiger partial charge in [-0.25, -0.2) is 4.98 Å². The van der Waals surface area contributed by atoms with E-state index in [-0.39, 0.29) is 11.9 Å². The molecule has 1 amide bonds. The summed E-state index contributed by atoms with van der Waals surface area (Å²) < 4.78 is 0. The first-order chi connectivity index (χ1) is 8.61. The molecule has 98 valence electrons. The monoisotopic (exact) mass is 249 g/mol. The minimum atomic E-state index is 0.103. The summed E-state index contributed by atoms with van der Waals surface area (Å²) in [7, 11) is 1.83. The smallest absolute Gasteiger partial charge is 0.242 e. The fourth-order valence-electron chi connectivity index (χ4n) is 1.96. The van der Waals surface area contributed by atoms with Crippen LogP contribution < -0.4 is 10.2 Å². The Morgan fingerprint density at radius 2 is 2.33 bits per heavy atom. The Hall–Kier alpha value is -1.85. The largest absolute Gasteiger partial charge is 0.370 e. The molecule has 1 aromatic heterocycles. The number of carbonyl (C=O) groups is 1. The maximum absolute atomic E-state index is 11.8. The van der Waals surface area contributed by atoms with E-state index in [0.29, 0.717) is 12.5 Å². The highest BCUT2D eigenvalue weighted by atomic mass is 16.2. The molecule has 0 radical (unpaired) electrons. The van der Waals surface area contributed by atoms with Crippen LogP contribution in [0.5, 0.6) is 0 Å². The van der Waals surface area contributed by atoms with Crippen LogP contribution in [0.15, 0.2) is 12.3 Å². The number of nitrogens with zero attached hydrogens (tertiary/aromatic N) is 4. The minimum Gasteiger partial charge on any atom is -0.370 e. The average molecular weight is 249 g/mol. The third kappa shape index (κ3) is 2.52. The van der Waals surface area contributed by atoms with Crippen LogP contribution in [0.3, 0.4) is 0 Å². The number of nitrogens with one attached hydrogen (secondary N) is 1. The van der Waals surface area contributed by atoms with Crippen molar-refractivity contribution in [3.05, 3.63) is 12.3 Å². The van der Waals surface area contributed by atoms with Gasteiger partial charge in [-0.05, 0) is 19.9 Å². The maximum atomic E-state index is 11.8. The van der Waals surface area contributed by atoms with Gasteiger partial charge in [0, 0.05) is 32.4 Å². The van der Waals surface area contributed by atoms with E-state index in [4.69, 9.17) is 0 Å². The fraction of sp³-hybridized carbons (Fsp3) is 0.583. The number of rotatable bonds is 3. The van der Waals surface area contributed by atoms with E-state index in [0.717, 1.165) is 18.9 Å². The van der Waals surface area contributed by atoms with Crippen LogP contribution in [0.1, 0.15) is 13.8 Å². The number of hydrogen-bond acceptors (Lipinski definition) is 5. The molecular formula is C12H19N5O. The average Bonchev–Trinajstić information content (AvgIpc) is 2.36. The molecule has 1 aliphatic rings. The lowest BCUT2D eigenvalue weighted by atomic mass is 10.2. The Labute approximate surface area is 107 Å². The number of piperazine rings is 1. The lowest BCUT2D eigenvalue weighted by Gasteiger charge is -2.37. The molecule has 1 aliphatic heterocycles. The third-order valence-electron chi connectivity index (χ3n) is 3.15. The zero-order valence-corrected chi connectivity index (χ0v) is 11.1. The predicted octanol–water partition coefficient (Wildman–Crippen LogP) is 0.575. The van der Waals surface area contributed by atoms with Gasteiger partial charge >= 0.3 is 0 Å². The minimum absolute atomic E-state index is 0.103. The lowest BCUT2D eigenvalue weighted by Crippen LogP contribution is -2.54. The molecule has 1 saturated heterocycles. The van der Waals surface area contributed by atoms with Gasteiger partial charge in [-0.3, -0.25) is 4.79 Å². The van der Waals surface area contributed by atoms with Gasteiger partial charge in [-0.15, -0.1) is 0 Å². The van der Waals surface area contributed by atoms with Gasteiger partial charge in [-0.1, -0.05) is 0 Å². The third-order valence-corrected chi connectivity index (χ3v) is 3.15. The second-order valence-electron chi connectivity index (χ2n) is 4.51. The summed E-state index contributed by atoms with van der Waals surface area (Å²) >= 11 is 0. The maximum Gasteiger partial charge on any atom is 0.242 e. The van der Waals surface area contributed by atoms with Crippen molar-refractivity contribution < 1.29 is 4.79 Å². The summed E-state index contributed by atoms with van der Waals surface area (Å²) in [4.78, 5) is 24.2. The molecule has 1 fully saturated rings. The van der Waals surface area contributed by atoms with Crippen LogP contribution >= 0.6 is 0 Å². The molecule has 6 nitrogen and oxygen atoms in total. The number of anilines is 2. The number of hydrogen-bond donors (Lipinski definition) is 1. The molecule has 0 aromatic carbocycles. The standard InChI is InChI=1S/C12H19N5O/c1-4-13-10-5-6-14-12(15-10)17-7-9(2)16(3)11(18)8-17/h5-6,9H,4,7-8H2,1-3H3,(H,13,14,15)/t9-/m0/s1. The zero-order valence-electron chi connectivity index (χ0n) is 11.1. The molecule has 18 heavy (non-hydrogen) atoms. The van der Waals surface area contributed by atoms with Crippen molar-refractivity contribution in [1.29, 1.82) is 0 Å². The first kappa shape index (κ1) is 12.6. The van der Waals surface area contributed by atoms with Gasteiger partial charge in [0.2, 0.25) is 11.9 Å². The molecule has 0 aliphatic carbocycles. The second kappa shape index (κ2) is 5.20. The Morgan fingerprint density at radius 3 is 3.00 bits per heavy atom. The molecular weight excluding hydrogens is 230 g/mol. The van der Waals surface area contributed by atoms with Crippen molar-refractivity contribution in [2.24, 2.45) is 0 Å². The van der Waals surface area contributed by atoms with Gasteiger partial charge in [0.15, 0.2) is 0 Å². The molecule has 2 rings (SSSR count). The van der Waals surface area contributed by atoms with Gasteiger partial charge in [-0.2, -0.15) is 4.98 Å². The lowest BCUT2D eigenvalue weighted by molar-refractivity contribution is -0.131. The van der Waals surface area contributed by atoms with Crippen LogP contribution in [0, 0.1) is 0 Å². The predicted molar refractivity (Wildman–Crippen MR) is 70.6 cm³/mol. The van der Waals surface area contributed by atoms with Gasteiger partial charge < -0.3 is 15.1 Å². The highest BCUT2D eigenvalue weighted by molar-refractivity contribution is 5.82. The summed E-state index contributed by atoms with van der Waals surface area (Å²) in [5.41, 5.74) is 0. The van der Waals surface area contributed by atoms with Gasteiger partial charge in [0.1, 0.15) is 12.4 Å². The van der Waals surface area contributed by atoms with Gasteiger partial charge in [0.05, 0.1) is 0 Å². The van der Waals surface area contributed by atoms with Crippen LogP contribution in [-0.4, -0.2) is 53.5 Å². The zero-order chi connectivity index (χ0) is 13.1. The summed E-state index contributed by atoms with van der Waals surface area (Å²) in [5.74, 6) is 1.51. The van der Waals surface area contributed by atoms with Crippen molar-refractivity contribution >= 4 is 17.7 Å². The summed E-state index contributed by atoms with van der Waals surface area (Å²) in [5, 5.41) is 3.15. The van der Waals surface area contributed by atoms with E-state index >= 15 is 0 Å². The Balaban J connectivity index is 2.16. The molecule has 1 aromatic rings. The summed E-state index contributed by atoms with van der Waals surface area (Å²) in [6.07, 6.45) is 1.72. The van der Waals surface area contributed by atoms with E-state index in [1.54, 1.807) is 11.1 Å². The quantitative estimate of drug-likeness (QED) is 0.849. The highest BCUT2D eigenvalue weighted by Gasteiger charge is 2.28. The first-order valence-corrected chi connectivity index (χ1v) is 6.19. The topological polar surface area (TPSA) is 61.4 Å². The van der Waals surface area contributed by atoms with Crippen LogP contribution in [0.4, 0.5) is 11.8 Å². The number of aromatic nitrogens is 2. The number of amides is 1.